The van der Waals surface area contributed by atoms with Crippen LogP contribution in [0.3, 0.4) is 0 Å². The van der Waals surface area contributed by atoms with Crippen molar-refractivity contribution < 1.29 is 5.11 Å². The van der Waals surface area contributed by atoms with Crippen LogP contribution in [-0.2, 0) is 0 Å². The molecule has 3 atom stereocenters. The monoisotopic (exact) mass is 398 g/mol. The van der Waals surface area contributed by atoms with Gasteiger partial charge in [-0.3, -0.25) is 0 Å². The molecule has 1 heterocycles. The first-order chi connectivity index (χ1) is 13.4. The number of aliphatic hydroxyl groups is 1. The molecule has 3 rings (SSSR count). The third-order valence-corrected chi connectivity index (χ3v) is 7.71. The number of nitrogen functional groups attached to an aromatic ring is 1. The van der Waals surface area contributed by atoms with Crippen molar-refractivity contribution in [2.75, 3.05) is 30.5 Å². The van der Waals surface area contributed by atoms with Gasteiger partial charge in [0.1, 0.15) is 0 Å². The van der Waals surface area contributed by atoms with Gasteiger partial charge in [0.2, 0.25) is 0 Å². The zero-order valence-electron chi connectivity index (χ0n) is 17.6. The molecule has 1 aliphatic rings. The summed E-state index contributed by atoms with van der Waals surface area (Å²) in [6, 6.07) is 14.7. The van der Waals surface area contributed by atoms with Crippen LogP contribution in [0.15, 0.2) is 47.4 Å². The van der Waals surface area contributed by atoms with Crippen LogP contribution in [0.4, 0.5) is 11.4 Å². The summed E-state index contributed by atoms with van der Waals surface area (Å²) < 4.78 is 0. The fourth-order valence-electron chi connectivity index (χ4n) is 4.37. The minimum atomic E-state index is -0.433. The van der Waals surface area contributed by atoms with E-state index in [0.29, 0.717) is 0 Å². The van der Waals surface area contributed by atoms with Gasteiger partial charge in [-0.25, -0.2) is 0 Å². The molecule has 2 unspecified atom stereocenters. The molecule has 3 N–H and O–H groups in total. The second kappa shape index (κ2) is 8.79. The lowest BCUT2D eigenvalue weighted by Gasteiger charge is -2.40. The van der Waals surface area contributed by atoms with E-state index < -0.39 is 6.10 Å². The minimum absolute atomic E-state index is 0.0646. The first-order valence-corrected chi connectivity index (χ1v) is 11.4. The molecule has 0 fully saturated rings. The molecule has 28 heavy (non-hydrogen) atoms. The Morgan fingerprint density at radius 2 is 1.96 bits per heavy atom. The summed E-state index contributed by atoms with van der Waals surface area (Å²) in [6.07, 6.45) is 3.90. The summed E-state index contributed by atoms with van der Waals surface area (Å²) in [6.45, 7) is 4.46. The number of rotatable bonds is 6. The number of unbranched alkanes of at least 4 members (excludes halogenated alkanes) is 1. The van der Waals surface area contributed by atoms with E-state index >= 15 is 0 Å². The SMILES string of the molecule is CCCC[C@]1(CC)CSc2ccc(N(C)C)cc2C(c2cccc(N)c2)C1O. The molecule has 0 amide bonds. The van der Waals surface area contributed by atoms with Crippen LogP contribution in [0.1, 0.15) is 56.6 Å². The summed E-state index contributed by atoms with van der Waals surface area (Å²) in [4.78, 5) is 3.41. The number of benzene rings is 2. The van der Waals surface area contributed by atoms with Crippen molar-refractivity contribution in [3.05, 3.63) is 53.6 Å². The van der Waals surface area contributed by atoms with Gasteiger partial charge in [-0.05, 0) is 54.3 Å². The maximum atomic E-state index is 11.8. The molecule has 3 nitrogen and oxygen atoms in total. The lowest BCUT2D eigenvalue weighted by Crippen LogP contribution is -2.40. The van der Waals surface area contributed by atoms with Crippen molar-refractivity contribution in [3.8, 4) is 0 Å². The fourth-order valence-corrected chi connectivity index (χ4v) is 5.85. The van der Waals surface area contributed by atoms with Crippen molar-refractivity contribution >= 4 is 23.1 Å². The van der Waals surface area contributed by atoms with Gasteiger partial charge in [0.15, 0.2) is 0 Å². The van der Waals surface area contributed by atoms with E-state index in [0.717, 1.165) is 48.4 Å². The third-order valence-electron chi connectivity index (χ3n) is 6.31. The maximum absolute atomic E-state index is 11.8. The standard InChI is InChI=1S/C24H34N2OS/c1-5-7-13-24(6-2)16-28-21-12-11-19(26(3)4)15-20(21)22(23(24)27)17-9-8-10-18(25)14-17/h8-12,14-15,22-23,27H,5-7,13,16,25H2,1-4H3/t22?,23?,24-/m1/s1. The number of aliphatic hydroxyl groups excluding tert-OH is 1. The average molecular weight is 399 g/mol. The van der Waals surface area contributed by atoms with Crippen molar-refractivity contribution in [1.82, 2.24) is 0 Å². The number of hydrogen-bond donors (Lipinski definition) is 2. The van der Waals surface area contributed by atoms with E-state index in [9.17, 15) is 5.11 Å². The zero-order chi connectivity index (χ0) is 20.3. The molecule has 2 aromatic rings. The van der Waals surface area contributed by atoms with Crippen molar-refractivity contribution in [1.29, 1.82) is 0 Å². The first kappa shape index (κ1) is 21.1. The van der Waals surface area contributed by atoms with Gasteiger partial charge in [0.25, 0.3) is 0 Å². The highest BCUT2D eigenvalue weighted by molar-refractivity contribution is 7.99. The smallest absolute Gasteiger partial charge is 0.0713 e. The van der Waals surface area contributed by atoms with Gasteiger partial charge in [-0.2, -0.15) is 0 Å². The number of anilines is 2. The summed E-state index contributed by atoms with van der Waals surface area (Å²) in [5.74, 6) is 0.892. The van der Waals surface area contributed by atoms with Gasteiger partial charge < -0.3 is 15.7 Å². The summed E-state index contributed by atoms with van der Waals surface area (Å²) in [5, 5.41) is 11.8. The van der Waals surface area contributed by atoms with Crippen LogP contribution in [0.5, 0.6) is 0 Å². The minimum Gasteiger partial charge on any atom is -0.399 e. The summed E-state index contributed by atoms with van der Waals surface area (Å²) in [5.41, 5.74) is 10.3. The maximum Gasteiger partial charge on any atom is 0.0713 e. The Bertz CT molecular complexity index is 807. The van der Waals surface area contributed by atoms with Crippen LogP contribution >= 0.6 is 11.8 Å². The molecule has 0 aliphatic carbocycles. The highest BCUT2D eigenvalue weighted by Crippen LogP contribution is 2.51. The van der Waals surface area contributed by atoms with Gasteiger partial charge in [0.05, 0.1) is 6.10 Å². The Kier molecular flexibility index (Phi) is 6.61. The molecule has 0 saturated carbocycles. The van der Waals surface area contributed by atoms with Crippen LogP contribution < -0.4 is 10.6 Å². The quantitative estimate of drug-likeness (QED) is 0.629. The molecule has 4 heteroatoms. The number of nitrogens with zero attached hydrogens (tertiary/aromatic N) is 1. The predicted octanol–water partition coefficient (Wildman–Crippen LogP) is 5.52. The fraction of sp³-hybridized carbons (Fsp3) is 0.500. The van der Waals surface area contributed by atoms with Gasteiger partial charge >= 0.3 is 0 Å². The third kappa shape index (κ3) is 4.04. The van der Waals surface area contributed by atoms with Crippen molar-refractivity contribution in [2.24, 2.45) is 5.41 Å². The molecule has 152 valence electrons. The second-order valence-corrected chi connectivity index (χ2v) is 9.33. The Morgan fingerprint density at radius 3 is 2.61 bits per heavy atom. The van der Waals surface area contributed by atoms with Crippen LogP contribution in [0.25, 0.3) is 0 Å². The Balaban J connectivity index is 2.17. The molecule has 0 aromatic heterocycles. The highest BCUT2D eigenvalue weighted by atomic mass is 32.2. The Hall–Kier alpha value is -1.65. The van der Waals surface area contributed by atoms with E-state index in [1.165, 1.54) is 10.5 Å². The molecule has 0 bridgehead atoms. The lowest BCUT2D eigenvalue weighted by molar-refractivity contribution is 0.0183. The van der Waals surface area contributed by atoms with Crippen molar-refractivity contribution in [3.63, 3.8) is 0 Å². The van der Waals surface area contributed by atoms with Crippen molar-refractivity contribution in [2.45, 2.75) is 56.4 Å². The van der Waals surface area contributed by atoms with E-state index in [2.05, 4.69) is 57.1 Å². The Morgan fingerprint density at radius 1 is 1.18 bits per heavy atom. The average Bonchev–Trinajstić information content (AvgIpc) is 2.80. The lowest BCUT2D eigenvalue weighted by atomic mass is 9.69. The molecular weight excluding hydrogens is 364 g/mol. The highest BCUT2D eigenvalue weighted by Gasteiger charge is 2.44. The first-order valence-electron chi connectivity index (χ1n) is 10.4. The molecule has 0 spiro atoms. The van der Waals surface area contributed by atoms with E-state index in [4.69, 9.17) is 5.73 Å². The number of hydrogen-bond acceptors (Lipinski definition) is 4. The molecule has 2 aromatic carbocycles. The van der Waals surface area contributed by atoms with Crippen LogP contribution in [0.2, 0.25) is 0 Å². The van der Waals surface area contributed by atoms with Gasteiger partial charge in [0, 0.05) is 47.5 Å². The number of fused-ring (bicyclic) bond motifs is 1. The second-order valence-electron chi connectivity index (χ2n) is 8.32. The largest absolute Gasteiger partial charge is 0.399 e. The van der Waals surface area contributed by atoms with E-state index in [1.54, 1.807) is 0 Å². The van der Waals surface area contributed by atoms with Gasteiger partial charge in [-0.1, -0.05) is 38.8 Å². The Labute approximate surface area is 174 Å². The topological polar surface area (TPSA) is 49.5 Å². The predicted molar refractivity (Wildman–Crippen MR) is 122 cm³/mol. The summed E-state index contributed by atoms with van der Waals surface area (Å²) >= 11 is 1.91. The molecular formula is C24H34N2OS. The molecule has 1 aliphatic heterocycles. The number of thioether (sulfide) groups is 1. The zero-order valence-corrected chi connectivity index (χ0v) is 18.4. The van der Waals surface area contributed by atoms with Crippen LogP contribution in [-0.4, -0.2) is 31.1 Å². The molecule has 0 radical (unpaired) electrons. The van der Waals surface area contributed by atoms with Gasteiger partial charge in [-0.15, -0.1) is 11.8 Å². The van der Waals surface area contributed by atoms with Crippen LogP contribution in [0, 0.1) is 5.41 Å². The summed E-state index contributed by atoms with van der Waals surface area (Å²) in [7, 11) is 4.13. The number of nitrogens with two attached hydrogens (primary N) is 1. The molecule has 0 saturated heterocycles. The van der Waals surface area contributed by atoms with E-state index in [-0.39, 0.29) is 11.3 Å². The van der Waals surface area contributed by atoms with E-state index in [1.807, 2.05) is 30.0 Å². The normalized spacial score (nSPS) is 24.5.